The molecular weight excluding hydrogens is 223 g/mol. The van der Waals surface area contributed by atoms with Crippen LogP contribution in [0.3, 0.4) is 0 Å². The van der Waals surface area contributed by atoms with E-state index in [0.717, 1.165) is 0 Å². The Morgan fingerprint density at radius 2 is 2.25 bits per heavy atom. The van der Waals surface area contributed by atoms with Gasteiger partial charge in [-0.1, -0.05) is 19.1 Å². The first kappa shape index (κ1) is 9.68. The SMILES string of the molecule is CC[C@@H](O)c1cccc(F)c1Br. The molecule has 1 aromatic carbocycles. The van der Waals surface area contributed by atoms with E-state index in [-0.39, 0.29) is 5.82 Å². The summed E-state index contributed by atoms with van der Waals surface area (Å²) in [5.41, 5.74) is 0.609. The number of aliphatic hydroxyl groups excluding tert-OH is 1. The average molecular weight is 233 g/mol. The molecule has 1 rings (SSSR count). The molecule has 0 unspecified atom stereocenters. The Kier molecular flexibility index (Phi) is 3.23. The number of halogens is 2. The van der Waals surface area contributed by atoms with Crippen molar-refractivity contribution in [1.82, 2.24) is 0 Å². The van der Waals surface area contributed by atoms with Crippen molar-refractivity contribution in [3.8, 4) is 0 Å². The van der Waals surface area contributed by atoms with Gasteiger partial charge < -0.3 is 5.11 Å². The van der Waals surface area contributed by atoms with Crippen molar-refractivity contribution in [2.75, 3.05) is 0 Å². The molecule has 0 aromatic heterocycles. The van der Waals surface area contributed by atoms with Gasteiger partial charge in [-0.15, -0.1) is 0 Å². The summed E-state index contributed by atoms with van der Waals surface area (Å²) in [6, 6.07) is 4.66. The first-order valence-corrected chi connectivity index (χ1v) is 4.58. The maximum atomic E-state index is 12.9. The van der Waals surface area contributed by atoms with E-state index in [9.17, 15) is 9.50 Å². The van der Waals surface area contributed by atoms with Gasteiger partial charge in [0, 0.05) is 0 Å². The molecule has 0 saturated carbocycles. The zero-order valence-electron chi connectivity index (χ0n) is 6.72. The first-order valence-electron chi connectivity index (χ1n) is 3.78. The third-order valence-electron chi connectivity index (χ3n) is 1.73. The van der Waals surface area contributed by atoms with Gasteiger partial charge in [-0.05, 0) is 34.0 Å². The van der Waals surface area contributed by atoms with Crippen molar-refractivity contribution < 1.29 is 9.50 Å². The lowest BCUT2D eigenvalue weighted by molar-refractivity contribution is 0.172. The Bertz CT molecular complexity index is 275. The molecule has 0 radical (unpaired) electrons. The molecule has 1 N–H and O–H groups in total. The number of hydrogen-bond donors (Lipinski definition) is 1. The normalized spacial score (nSPS) is 13.0. The highest BCUT2D eigenvalue weighted by molar-refractivity contribution is 9.10. The molecule has 0 spiro atoms. The summed E-state index contributed by atoms with van der Waals surface area (Å²) in [5.74, 6) is -0.333. The van der Waals surface area contributed by atoms with Crippen LogP contribution in [0.2, 0.25) is 0 Å². The minimum absolute atomic E-state index is 0.333. The Labute approximate surface area is 79.4 Å². The Balaban J connectivity index is 3.07. The highest BCUT2D eigenvalue weighted by atomic mass is 79.9. The molecule has 0 heterocycles. The highest BCUT2D eigenvalue weighted by Gasteiger charge is 2.11. The monoisotopic (exact) mass is 232 g/mol. The molecule has 1 aromatic rings. The fourth-order valence-electron chi connectivity index (χ4n) is 0.998. The van der Waals surface area contributed by atoms with E-state index in [1.54, 1.807) is 12.1 Å². The van der Waals surface area contributed by atoms with Crippen LogP contribution >= 0.6 is 15.9 Å². The fraction of sp³-hybridized carbons (Fsp3) is 0.333. The minimum atomic E-state index is -0.588. The average Bonchev–Trinajstić information content (AvgIpc) is 2.08. The predicted molar refractivity (Wildman–Crippen MR) is 49.4 cm³/mol. The summed E-state index contributed by atoms with van der Waals surface area (Å²) < 4.78 is 13.3. The van der Waals surface area contributed by atoms with Crippen LogP contribution in [0, 0.1) is 5.82 Å². The van der Waals surface area contributed by atoms with Crippen LogP contribution in [0.4, 0.5) is 4.39 Å². The Morgan fingerprint density at radius 1 is 1.58 bits per heavy atom. The number of rotatable bonds is 2. The van der Waals surface area contributed by atoms with Crippen molar-refractivity contribution in [3.05, 3.63) is 34.1 Å². The zero-order chi connectivity index (χ0) is 9.14. The van der Waals surface area contributed by atoms with Crippen LogP contribution in [-0.2, 0) is 0 Å². The van der Waals surface area contributed by atoms with Crippen molar-refractivity contribution in [3.63, 3.8) is 0 Å². The van der Waals surface area contributed by atoms with Gasteiger partial charge in [0.25, 0.3) is 0 Å². The molecule has 1 atom stereocenters. The third-order valence-corrected chi connectivity index (χ3v) is 2.56. The molecule has 0 amide bonds. The van der Waals surface area contributed by atoms with E-state index in [2.05, 4.69) is 15.9 Å². The standard InChI is InChI=1S/C9H10BrFO/c1-2-8(12)6-4-3-5-7(11)9(6)10/h3-5,8,12H,2H2,1H3/t8-/m1/s1. The number of benzene rings is 1. The second kappa shape index (κ2) is 4.01. The van der Waals surface area contributed by atoms with Crippen molar-refractivity contribution in [2.45, 2.75) is 19.4 Å². The maximum absolute atomic E-state index is 12.9. The van der Waals surface area contributed by atoms with Crippen LogP contribution in [0.5, 0.6) is 0 Å². The van der Waals surface area contributed by atoms with Gasteiger partial charge in [0.2, 0.25) is 0 Å². The quantitative estimate of drug-likeness (QED) is 0.832. The van der Waals surface area contributed by atoms with E-state index in [1.807, 2.05) is 6.92 Å². The van der Waals surface area contributed by atoms with Gasteiger partial charge in [0.1, 0.15) is 5.82 Å². The summed E-state index contributed by atoms with van der Waals surface area (Å²) in [7, 11) is 0. The lowest BCUT2D eigenvalue weighted by Crippen LogP contribution is -1.97. The van der Waals surface area contributed by atoms with E-state index in [0.29, 0.717) is 16.5 Å². The molecule has 12 heavy (non-hydrogen) atoms. The van der Waals surface area contributed by atoms with E-state index < -0.39 is 6.10 Å². The predicted octanol–water partition coefficient (Wildman–Crippen LogP) is 3.03. The van der Waals surface area contributed by atoms with Gasteiger partial charge in [0.05, 0.1) is 10.6 Å². The number of hydrogen-bond acceptors (Lipinski definition) is 1. The van der Waals surface area contributed by atoms with Gasteiger partial charge in [-0.2, -0.15) is 0 Å². The van der Waals surface area contributed by atoms with Crippen LogP contribution in [0.1, 0.15) is 25.0 Å². The van der Waals surface area contributed by atoms with E-state index in [4.69, 9.17) is 0 Å². The first-order chi connectivity index (χ1) is 5.66. The molecule has 0 bridgehead atoms. The molecule has 0 aliphatic carbocycles. The van der Waals surface area contributed by atoms with E-state index >= 15 is 0 Å². The van der Waals surface area contributed by atoms with Gasteiger partial charge in [-0.3, -0.25) is 0 Å². The van der Waals surface area contributed by atoms with Crippen LogP contribution in [0.25, 0.3) is 0 Å². The van der Waals surface area contributed by atoms with Crippen LogP contribution in [-0.4, -0.2) is 5.11 Å². The molecule has 0 aliphatic heterocycles. The lowest BCUT2D eigenvalue weighted by atomic mass is 10.1. The largest absolute Gasteiger partial charge is 0.388 e. The van der Waals surface area contributed by atoms with Gasteiger partial charge in [0.15, 0.2) is 0 Å². The van der Waals surface area contributed by atoms with Gasteiger partial charge in [-0.25, -0.2) is 4.39 Å². The summed E-state index contributed by atoms with van der Waals surface area (Å²) in [5, 5.41) is 9.44. The summed E-state index contributed by atoms with van der Waals surface area (Å²) in [6.07, 6.45) is -0.00252. The zero-order valence-corrected chi connectivity index (χ0v) is 8.31. The molecule has 0 aliphatic rings. The molecule has 0 fully saturated rings. The van der Waals surface area contributed by atoms with Crippen molar-refractivity contribution >= 4 is 15.9 Å². The third kappa shape index (κ3) is 1.84. The lowest BCUT2D eigenvalue weighted by Gasteiger charge is -2.10. The van der Waals surface area contributed by atoms with Crippen LogP contribution in [0.15, 0.2) is 22.7 Å². The maximum Gasteiger partial charge on any atom is 0.137 e. The second-order valence-electron chi connectivity index (χ2n) is 2.57. The van der Waals surface area contributed by atoms with Gasteiger partial charge >= 0.3 is 0 Å². The number of aliphatic hydroxyl groups is 1. The summed E-state index contributed by atoms with van der Waals surface area (Å²) >= 11 is 3.09. The van der Waals surface area contributed by atoms with Crippen molar-refractivity contribution in [1.29, 1.82) is 0 Å². The molecule has 1 nitrogen and oxygen atoms in total. The van der Waals surface area contributed by atoms with Crippen LogP contribution < -0.4 is 0 Å². The Morgan fingerprint density at radius 3 is 2.83 bits per heavy atom. The molecular formula is C9H10BrFO. The van der Waals surface area contributed by atoms with Crippen molar-refractivity contribution in [2.24, 2.45) is 0 Å². The smallest absolute Gasteiger partial charge is 0.137 e. The summed E-state index contributed by atoms with van der Waals surface area (Å²) in [6.45, 7) is 1.85. The Hall–Kier alpha value is -0.410. The molecule has 66 valence electrons. The fourth-order valence-corrected chi connectivity index (χ4v) is 1.53. The molecule has 0 saturated heterocycles. The molecule has 3 heteroatoms. The minimum Gasteiger partial charge on any atom is -0.388 e. The topological polar surface area (TPSA) is 20.2 Å². The second-order valence-corrected chi connectivity index (χ2v) is 3.36. The summed E-state index contributed by atoms with van der Waals surface area (Å²) in [4.78, 5) is 0. The van der Waals surface area contributed by atoms with E-state index in [1.165, 1.54) is 6.07 Å². The highest BCUT2D eigenvalue weighted by Crippen LogP contribution is 2.27.